The van der Waals surface area contributed by atoms with Crippen molar-refractivity contribution in [3.8, 4) is 0 Å². The second-order valence-corrected chi connectivity index (χ2v) is 5.99. The summed E-state index contributed by atoms with van der Waals surface area (Å²) in [5.74, 6) is 0.504. The molecule has 0 aliphatic carbocycles. The Hall–Kier alpha value is -1.77. The van der Waals surface area contributed by atoms with Crippen LogP contribution in [0, 0.1) is 13.8 Å². The molecule has 2 rings (SSSR count). The minimum absolute atomic E-state index is 0.00235. The summed E-state index contributed by atoms with van der Waals surface area (Å²) in [6, 6.07) is 4.44. The van der Waals surface area contributed by atoms with Crippen molar-refractivity contribution < 1.29 is 4.79 Å². The second kappa shape index (κ2) is 5.31. The van der Waals surface area contributed by atoms with Gasteiger partial charge in [-0.3, -0.25) is 4.79 Å². The lowest BCUT2D eigenvalue weighted by molar-refractivity contribution is -0.119. The number of amides is 1. The third kappa shape index (κ3) is 2.58. The molecule has 1 atom stereocenters. The van der Waals surface area contributed by atoms with Crippen molar-refractivity contribution in [2.75, 3.05) is 0 Å². The predicted molar refractivity (Wildman–Crippen MR) is 84.1 cm³/mol. The molecule has 0 saturated carbocycles. The van der Waals surface area contributed by atoms with Gasteiger partial charge in [0.1, 0.15) is 0 Å². The van der Waals surface area contributed by atoms with E-state index in [1.165, 1.54) is 27.8 Å². The molecule has 2 aromatic rings. The van der Waals surface area contributed by atoms with Crippen LogP contribution in [0.15, 0.2) is 12.1 Å². The molecule has 1 aromatic heterocycles. The van der Waals surface area contributed by atoms with Crippen molar-refractivity contribution in [1.82, 2.24) is 10.3 Å². The first-order valence-corrected chi connectivity index (χ1v) is 7.21. The number of aromatic amines is 1. The van der Waals surface area contributed by atoms with E-state index < -0.39 is 0 Å². The standard InChI is InChI=1S/C17H24N2O/c1-9(2)17-12(5)19-16-8-14(10(3)7-15(16)17)11(4)18-13(6)20/h7-9,11,19H,1-6H3,(H,18,20)/t11-/m0/s1. The molecule has 0 radical (unpaired) electrons. The fourth-order valence-corrected chi connectivity index (χ4v) is 3.12. The van der Waals surface area contributed by atoms with Crippen molar-refractivity contribution in [3.63, 3.8) is 0 Å². The molecule has 108 valence electrons. The SMILES string of the molecule is CC(=O)N[C@@H](C)c1cc2[nH]c(C)c(C(C)C)c2cc1C. The van der Waals surface area contributed by atoms with Gasteiger partial charge in [0.05, 0.1) is 6.04 Å². The lowest BCUT2D eigenvalue weighted by Crippen LogP contribution is -2.24. The fraction of sp³-hybridized carbons (Fsp3) is 0.471. The monoisotopic (exact) mass is 272 g/mol. The zero-order valence-corrected chi connectivity index (χ0v) is 13.2. The summed E-state index contributed by atoms with van der Waals surface area (Å²) >= 11 is 0. The summed E-state index contributed by atoms with van der Waals surface area (Å²) in [7, 11) is 0. The van der Waals surface area contributed by atoms with Crippen molar-refractivity contribution in [1.29, 1.82) is 0 Å². The second-order valence-electron chi connectivity index (χ2n) is 5.99. The number of carbonyl (C=O) groups excluding carboxylic acids is 1. The van der Waals surface area contributed by atoms with Crippen molar-refractivity contribution in [3.05, 3.63) is 34.5 Å². The number of fused-ring (bicyclic) bond motifs is 1. The van der Waals surface area contributed by atoms with E-state index in [4.69, 9.17) is 0 Å². The van der Waals surface area contributed by atoms with Gasteiger partial charge in [-0.2, -0.15) is 0 Å². The topological polar surface area (TPSA) is 44.9 Å². The van der Waals surface area contributed by atoms with Gasteiger partial charge in [-0.05, 0) is 55.5 Å². The van der Waals surface area contributed by atoms with Crippen LogP contribution in [0.5, 0.6) is 0 Å². The summed E-state index contributed by atoms with van der Waals surface area (Å²) in [5.41, 5.74) is 6.17. The quantitative estimate of drug-likeness (QED) is 0.868. The van der Waals surface area contributed by atoms with E-state index in [-0.39, 0.29) is 11.9 Å². The van der Waals surface area contributed by atoms with Gasteiger partial charge in [0, 0.05) is 23.5 Å². The summed E-state index contributed by atoms with van der Waals surface area (Å²) in [6.45, 7) is 12.3. The molecule has 0 bridgehead atoms. The Labute approximate surface area is 120 Å². The molecule has 0 aliphatic rings. The van der Waals surface area contributed by atoms with Gasteiger partial charge in [-0.1, -0.05) is 13.8 Å². The number of aryl methyl sites for hydroxylation is 2. The van der Waals surface area contributed by atoms with E-state index in [1.807, 2.05) is 6.92 Å². The number of carbonyl (C=O) groups is 1. The normalized spacial score (nSPS) is 12.9. The Kier molecular flexibility index (Phi) is 3.89. The molecule has 1 amide bonds. The zero-order valence-electron chi connectivity index (χ0n) is 13.2. The number of aromatic nitrogens is 1. The third-order valence-corrected chi connectivity index (χ3v) is 3.89. The van der Waals surface area contributed by atoms with E-state index in [0.29, 0.717) is 5.92 Å². The molecule has 0 fully saturated rings. The Morgan fingerprint density at radius 1 is 1.20 bits per heavy atom. The molecule has 20 heavy (non-hydrogen) atoms. The van der Waals surface area contributed by atoms with Gasteiger partial charge < -0.3 is 10.3 Å². The fourth-order valence-electron chi connectivity index (χ4n) is 3.12. The Bertz CT molecular complexity index is 653. The van der Waals surface area contributed by atoms with Gasteiger partial charge in [0.2, 0.25) is 5.91 Å². The van der Waals surface area contributed by atoms with E-state index in [1.54, 1.807) is 6.92 Å². The number of benzene rings is 1. The zero-order chi connectivity index (χ0) is 15.0. The maximum Gasteiger partial charge on any atom is 0.217 e. The highest BCUT2D eigenvalue weighted by molar-refractivity contribution is 5.87. The molecular formula is C17H24N2O. The lowest BCUT2D eigenvalue weighted by atomic mass is 9.95. The lowest BCUT2D eigenvalue weighted by Gasteiger charge is -2.16. The highest BCUT2D eigenvalue weighted by Crippen LogP contribution is 2.32. The number of rotatable bonds is 3. The highest BCUT2D eigenvalue weighted by Gasteiger charge is 2.16. The Balaban J connectivity index is 2.56. The van der Waals surface area contributed by atoms with Crippen LogP contribution in [0.4, 0.5) is 0 Å². The smallest absolute Gasteiger partial charge is 0.217 e. The average molecular weight is 272 g/mol. The molecule has 1 heterocycles. The molecular weight excluding hydrogens is 248 g/mol. The number of nitrogens with one attached hydrogen (secondary N) is 2. The van der Waals surface area contributed by atoms with Gasteiger partial charge >= 0.3 is 0 Å². The van der Waals surface area contributed by atoms with Crippen molar-refractivity contribution >= 4 is 16.8 Å². The van der Waals surface area contributed by atoms with Gasteiger partial charge in [0.25, 0.3) is 0 Å². The highest BCUT2D eigenvalue weighted by atomic mass is 16.1. The van der Waals surface area contributed by atoms with Crippen LogP contribution in [-0.4, -0.2) is 10.9 Å². The molecule has 3 heteroatoms. The van der Waals surface area contributed by atoms with Crippen LogP contribution in [0.25, 0.3) is 10.9 Å². The summed E-state index contributed by atoms with van der Waals surface area (Å²) in [6.07, 6.45) is 0. The van der Waals surface area contributed by atoms with Crippen LogP contribution in [0.2, 0.25) is 0 Å². The molecule has 2 N–H and O–H groups in total. The van der Waals surface area contributed by atoms with Gasteiger partial charge in [0.15, 0.2) is 0 Å². The van der Waals surface area contributed by atoms with Crippen LogP contribution in [0.1, 0.15) is 62.0 Å². The van der Waals surface area contributed by atoms with Crippen LogP contribution in [-0.2, 0) is 4.79 Å². The van der Waals surface area contributed by atoms with E-state index >= 15 is 0 Å². The van der Waals surface area contributed by atoms with Gasteiger partial charge in [-0.15, -0.1) is 0 Å². The summed E-state index contributed by atoms with van der Waals surface area (Å²) in [5, 5.41) is 4.26. The van der Waals surface area contributed by atoms with E-state index in [9.17, 15) is 4.79 Å². The average Bonchev–Trinajstić information content (AvgIpc) is 2.62. The molecule has 0 aliphatic heterocycles. The predicted octanol–water partition coefficient (Wildman–Crippen LogP) is 4.11. The van der Waals surface area contributed by atoms with Crippen LogP contribution < -0.4 is 5.32 Å². The third-order valence-electron chi connectivity index (χ3n) is 3.89. The first kappa shape index (κ1) is 14.6. The first-order chi connectivity index (χ1) is 9.31. The Morgan fingerprint density at radius 2 is 1.85 bits per heavy atom. The number of hydrogen-bond acceptors (Lipinski definition) is 1. The maximum absolute atomic E-state index is 11.2. The molecule has 0 unspecified atom stereocenters. The molecule has 3 nitrogen and oxygen atoms in total. The largest absolute Gasteiger partial charge is 0.358 e. The minimum atomic E-state index is 0.00235. The summed E-state index contributed by atoms with van der Waals surface area (Å²) < 4.78 is 0. The maximum atomic E-state index is 11.2. The number of hydrogen-bond donors (Lipinski definition) is 2. The molecule has 1 aromatic carbocycles. The molecule has 0 saturated heterocycles. The first-order valence-electron chi connectivity index (χ1n) is 7.21. The Morgan fingerprint density at radius 3 is 2.40 bits per heavy atom. The van der Waals surface area contributed by atoms with Crippen LogP contribution >= 0.6 is 0 Å². The van der Waals surface area contributed by atoms with Gasteiger partial charge in [-0.25, -0.2) is 0 Å². The number of H-pyrrole nitrogens is 1. The summed E-state index contributed by atoms with van der Waals surface area (Å²) in [4.78, 5) is 14.7. The van der Waals surface area contributed by atoms with E-state index in [2.05, 4.69) is 50.1 Å². The van der Waals surface area contributed by atoms with E-state index in [0.717, 1.165) is 5.52 Å². The minimum Gasteiger partial charge on any atom is -0.358 e. The van der Waals surface area contributed by atoms with Crippen LogP contribution in [0.3, 0.4) is 0 Å². The molecule has 0 spiro atoms. The van der Waals surface area contributed by atoms with Crippen molar-refractivity contribution in [2.24, 2.45) is 0 Å². The van der Waals surface area contributed by atoms with Crippen molar-refractivity contribution in [2.45, 2.75) is 53.5 Å².